The predicted octanol–water partition coefficient (Wildman–Crippen LogP) is -0.0505. The van der Waals surface area contributed by atoms with Crippen LogP contribution in [0.3, 0.4) is 0 Å². The SMILES string of the molecule is CC1CN(CC(O)COc2ccccc2C(C)(C)C)CC(C)O1.[Cl-].[H+]. The third-order valence-corrected chi connectivity index (χ3v) is 4.09. The number of para-hydroxylation sites is 1. The second-order valence-electron chi connectivity index (χ2n) is 7.69. The van der Waals surface area contributed by atoms with Crippen LogP contribution in [0.5, 0.6) is 5.75 Å². The van der Waals surface area contributed by atoms with Gasteiger partial charge < -0.3 is 27.0 Å². The average Bonchev–Trinajstić information content (AvgIpc) is 2.43. The smallest absolute Gasteiger partial charge is 1.00 e. The molecule has 0 aliphatic carbocycles. The molecule has 24 heavy (non-hydrogen) atoms. The summed E-state index contributed by atoms with van der Waals surface area (Å²) in [6.45, 7) is 13.3. The predicted molar refractivity (Wildman–Crippen MR) is 94.2 cm³/mol. The lowest BCUT2D eigenvalue weighted by atomic mass is 9.86. The molecule has 0 saturated carbocycles. The highest BCUT2D eigenvalue weighted by Gasteiger charge is 2.24. The van der Waals surface area contributed by atoms with Gasteiger partial charge in [-0.05, 0) is 30.9 Å². The molecule has 5 heteroatoms. The number of aliphatic hydroxyl groups excluding tert-OH is 1. The first-order valence-corrected chi connectivity index (χ1v) is 8.54. The minimum Gasteiger partial charge on any atom is -1.00 e. The van der Waals surface area contributed by atoms with Gasteiger partial charge in [0.1, 0.15) is 18.5 Å². The molecule has 1 fully saturated rings. The first kappa shape index (κ1) is 21.2. The Bertz CT molecular complexity index is 500. The number of ether oxygens (including phenoxy) is 2. The highest BCUT2D eigenvalue weighted by atomic mass is 35.5. The van der Waals surface area contributed by atoms with E-state index in [1.54, 1.807) is 0 Å². The van der Waals surface area contributed by atoms with Crippen LogP contribution < -0.4 is 17.1 Å². The van der Waals surface area contributed by atoms with Crippen LogP contribution in [0.15, 0.2) is 24.3 Å². The summed E-state index contributed by atoms with van der Waals surface area (Å²) in [5.41, 5.74) is 1.19. The lowest BCUT2D eigenvalue weighted by Crippen LogP contribution is -3.00. The van der Waals surface area contributed by atoms with Crippen molar-refractivity contribution in [2.24, 2.45) is 0 Å². The fourth-order valence-electron chi connectivity index (χ4n) is 3.18. The third-order valence-electron chi connectivity index (χ3n) is 4.09. The van der Waals surface area contributed by atoms with Crippen molar-refractivity contribution in [3.05, 3.63) is 29.8 Å². The number of halogens is 1. The lowest BCUT2D eigenvalue weighted by Gasteiger charge is -2.36. The Hall–Kier alpha value is -0.810. The summed E-state index contributed by atoms with van der Waals surface area (Å²) in [4.78, 5) is 2.25. The van der Waals surface area contributed by atoms with Crippen molar-refractivity contribution < 1.29 is 28.4 Å². The van der Waals surface area contributed by atoms with Crippen LogP contribution in [-0.2, 0) is 10.2 Å². The summed E-state index contributed by atoms with van der Waals surface area (Å²) >= 11 is 0. The van der Waals surface area contributed by atoms with E-state index in [4.69, 9.17) is 9.47 Å². The van der Waals surface area contributed by atoms with E-state index in [1.165, 1.54) is 5.56 Å². The quantitative estimate of drug-likeness (QED) is 0.802. The van der Waals surface area contributed by atoms with Crippen molar-refractivity contribution in [3.8, 4) is 5.75 Å². The first-order valence-electron chi connectivity index (χ1n) is 8.54. The van der Waals surface area contributed by atoms with E-state index < -0.39 is 6.10 Å². The molecule has 0 amide bonds. The van der Waals surface area contributed by atoms with Crippen molar-refractivity contribution in [1.82, 2.24) is 4.90 Å². The molecule has 4 nitrogen and oxygen atoms in total. The molecule has 3 atom stereocenters. The molecule has 1 heterocycles. The lowest BCUT2D eigenvalue weighted by molar-refractivity contribution is -0.0787. The van der Waals surface area contributed by atoms with Crippen molar-refractivity contribution in [3.63, 3.8) is 0 Å². The van der Waals surface area contributed by atoms with Gasteiger partial charge in [0, 0.05) is 19.6 Å². The zero-order valence-electron chi connectivity index (χ0n) is 16.5. The number of benzene rings is 1. The van der Waals surface area contributed by atoms with Crippen LogP contribution in [0.2, 0.25) is 0 Å². The fourth-order valence-corrected chi connectivity index (χ4v) is 3.18. The maximum absolute atomic E-state index is 10.3. The molecule has 1 aromatic rings. The van der Waals surface area contributed by atoms with E-state index in [2.05, 4.69) is 45.6 Å². The number of hydrogen-bond acceptors (Lipinski definition) is 4. The zero-order chi connectivity index (χ0) is 17.0. The van der Waals surface area contributed by atoms with Crippen LogP contribution in [0, 0.1) is 0 Å². The van der Waals surface area contributed by atoms with Gasteiger partial charge in [0.25, 0.3) is 0 Å². The molecular formula is C19H32ClNO3. The average molecular weight is 358 g/mol. The van der Waals surface area contributed by atoms with Gasteiger partial charge >= 0.3 is 1.43 Å². The molecule has 1 saturated heterocycles. The standard InChI is InChI=1S/C19H31NO3.ClH/c1-14-10-20(11-15(2)23-14)12-16(21)13-22-18-9-7-6-8-17(18)19(3,4)5;/h6-9,14-16,21H,10-13H2,1-5H3;1H. The number of β-amino-alcohol motifs (C(OH)–C–C–N with tert-alkyl or cyclic N) is 1. The molecule has 138 valence electrons. The molecule has 0 bridgehead atoms. The second kappa shape index (κ2) is 9.04. The summed E-state index contributed by atoms with van der Waals surface area (Å²) in [7, 11) is 0. The summed E-state index contributed by atoms with van der Waals surface area (Å²) < 4.78 is 11.6. The maximum Gasteiger partial charge on any atom is 1.00 e. The van der Waals surface area contributed by atoms with Crippen LogP contribution in [0.25, 0.3) is 0 Å². The minimum absolute atomic E-state index is 0. The summed E-state index contributed by atoms with van der Waals surface area (Å²) in [6.07, 6.45) is -0.0671. The summed E-state index contributed by atoms with van der Waals surface area (Å²) in [5.74, 6) is 0.864. The van der Waals surface area contributed by atoms with Gasteiger partial charge in [-0.3, -0.25) is 4.90 Å². The van der Waals surface area contributed by atoms with E-state index >= 15 is 0 Å². The number of rotatable bonds is 5. The van der Waals surface area contributed by atoms with Gasteiger partial charge in [0.15, 0.2) is 0 Å². The Morgan fingerprint density at radius 2 is 1.83 bits per heavy atom. The second-order valence-corrected chi connectivity index (χ2v) is 7.69. The van der Waals surface area contributed by atoms with E-state index in [0.717, 1.165) is 18.8 Å². The zero-order valence-corrected chi connectivity index (χ0v) is 16.2. The monoisotopic (exact) mass is 357 g/mol. The first-order chi connectivity index (χ1) is 10.8. The molecule has 0 radical (unpaired) electrons. The number of hydrogen-bond donors (Lipinski definition) is 1. The molecule has 0 aromatic heterocycles. The van der Waals surface area contributed by atoms with Gasteiger partial charge in [0.2, 0.25) is 0 Å². The summed E-state index contributed by atoms with van der Waals surface area (Å²) in [5, 5.41) is 10.3. The van der Waals surface area contributed by atoms with Gasteiger partial charge in [-0.1, -0.05) is 39.0 Å². The Balaban J connectivity index is 0.00000288. The molecule has 2 rings (SSSR count). The summed E-state index contributed by atoms with van der Waals surface area (Å²) in [6, 6.07) is 8.07. The maximum atomic E-state index is 10.3. The van der Waals surface area contributed by atoms with E-state index in [0.29, 0.717) is 13.2 Å². The largest absolute Gasteiger partial charge is 1.00 e. The van der Waals surface area contributed by atoms with Crippen LogP contribution in [0.1, 0.15) is 41.6 Å². The normalized spacial score (nSPS) is 23.4. The Kier molecular flexibility index (Phi) is 8.00. The highest BCUT2D eigenvalue weighted by Crippen LogP contribution is 2.31. The Morgan fingerprint density at radius 3 is 2.42 bits per heavy atom. The number of aliphatic hydroxyl groups is 1. The molecule has 1 N–H and O–H groups in total. The molecule has 1 aliphatic rings. The molecule has 1 aromatic carbocycles. The third kappa shape index (κ3) is 6.25. The van der Waals surface area contributed by atoms with E-state index in [1.807, 2.05) is 18.2 Å². The number of nitrogens with zero attached hydrogens (tertiary/aromatic N) is 1. The van der Waals surface area contributed by atoms with Crippen LogP contribution in [-0.4, -0.2) is 54.6 Å². The van der Waals surface area contributed by atoms with Crippen molar-refractivity contribution >= 4 is 0 Å². The fraction of sp³-hybridized carbons (Fsp3) is 0.684. The van der Waals surface area contributed by atoms with Gasteiger partial charge in [-0.2, -0.15) is 0 Å². The van der Waals surface area contributed by atoms with Gasteiger partial charge in [-0.25, -0.2) is 0 Å². The number of morpholine rings is 1. The van der Waals surface area contributed by atoms with Crippen LogP contribution in [0.4, 0.5) is 0 Å². The Labute approximate surface area is 154 Å². The topological polar surface area (TPSA) is 41.9 Å². The molecule has 1 aliphatic heterocycles. The van der Waals surface area contributed by atoms with Crippen LogP contribution >= 0.6 is 0 Å². The molecule has 3 unspecified atom stereocenters. The molecular weight excluding hydrogens is 326 g/mol. The van der Waals surface area contributed by atoms with Gasteiger partial charge in [-0.15, -0.1) is 0 Å². The van der Waals surface area contributed by atoms with Crippen molar-refractivity contribution in [2.75, 3.05) is 26.2 Å². The van der Waals surface area contributed by atoms with Crippen molar-refractivity contribution in [1.29, 1.82) is 0 Å². The van der Waals surface area contributed by atoms with Crippen molar-refractivity contribution in [2.45, 2.75) is 58.3 Å². The van der Waals surface area contributed by atoms with E-state index in [-0.39, 0.29) is 31.5 Å². The Morgan fingerprint density at radius 1 is 1.25 bits per heavy atom. The molecule has 0 spiro atoms. The van der Waals surface area contributed by atoms with E-state index in [9.17, 15) is 5.11 Å². The van der Waals surface area contributed by atoms with Gasteiger partial charge in [0.05, 0.1) is 12.2 Å². The highest BCUT2D eigenvalue weighted by molar-refractivity contribution is 5.38. The minimum atomic E-state index is -0.500.